The molecule has 2 N–H and O–H groups in total. The Morgan fingerprint density at radius 1 is 1.00 bits per heavy atom. The largest absolute Gasteiger partial charge is 0.357 e. The van der Waals surface area contributed by atoms with Crippen molar-refractivity contribution in [3.8, 4) is 0 Å². The van der Waals surface area contributed by atoms with Crippen molar-refractivity contribution < 1.29 is 0 Å². The van der Waals surface area contributed by atoms with Gasteiger partial charge >= 0.3 is 0 Å². The van der Waals surface area contributed by atoms with E-state index in [0.29, 0.717) is 17.8 Å². The third kappa shape index (κ3) is 3.60. The summed E-state index contributed by atoms with van der Waals surface area (Å²) in [7, 11) is 5.57. The van der Waals surface area contributed by atoms with Crippen LogP contribution in [0.3, 0.4) is 0 Å². The summed E-state index contributed by atoms with van der Waals surface area (Å²) in [5, 5.41) is 6.18. The molecule has 0 saturated carbocycles. The van der Waals surface area contributed by atoms with Gasteiger partial charge in [-0.15, -0.1) is 0 Å². The molecule has 0 unspecified atom stereocenters. The molecule has 112 valence electrons. The van der Waals surface area contributed by atoms with Gasteiger partial charge in [0.15, 0.2) is 0 Å². The molecule has 0 radical (unpaired) electrons. The van der Waals surface area contributed by atoms with E-state index in [4.69, 9.17) is 0 Å². The Balaban J connectivity index is 2.37. The molecule has 0 atom stereocenters. The van der Waals surface area contributed by atoms with Gasteiger partial charge in [-0.3, -0.25) is 0 Å². The number of rotatable bonds is 4. The molecule has 0 fully saturated rings. The minimum Gasteiger partial charge on any atom is -0.357 e. The second kappa shape index (κ2) is 6.26. The first kappa shape index (κ1) is 15.5. The summed E-state index contributed by atoms with van der Waals surface area (Å²) in [6, 6.07) is 4.10. The van der Waals surface area contributed by atoms with E-state index >= 15 is 0 Å². The van der Waals surface area contributed by atoms with Crippen molar-refractivity contribution >= 4 is 39.5 Å². The smallest absolute Gasteiger partial charge is 0.233 e. The van der Waals surface area contributed by atoms with Gasteiger partial charge in [0, 0.05) is 31.3 Å². The van der Waals surface area contributed by atoms with Crippen LogP contribution in [0, 0.1) is 13.8 Å². The fourth-order valence-corrected chi connectivity index (χ4v) is 2.11. The average molecular weight is 351 g/mol. The van der Waals surface area contributed by atoms with Gasteiger partial charge in [0.25, 0.3) is 0 Å². The zero-order valence-corrected chi connectivity index (χ0v) is 14.4. The molecule has 0 aliphatic heterocycles. The number of aromatic nitrogens is 3. The lowest BCUT2D eigenvalue weighted by atomic mass is 10.1. The van der Waals surface area contributed by atoms with Gasteiger partial charge in [-0.05, 0) is 37.1 Å². The Morgan fingerprint density at radius 3 is 2.10 bits per heavy atom. The number of hydrogen-bond donors (Lipinski definition) is 2. The number of benzene rings is 1. The van der Waals surface area contributed by atoms with Gasteiger partial charge in [0.2, 0.25) is 17.8 Å². The molecule has 0 spiro atoms. The average Bonchev–Trinajstić information content (AvgIpc) is 2.44. The van der Waals surface area contributed by atoms with Crippen LogP contribution < -0.4 is 15.5 Å². The molecule has 1 heterocycles. The minimum atomic E-state index is 0.513. The van der Waals surface area contributed by atoms with Gasteiger partial charge < -0.3 is 15.5 Å². The summed E-state index contributed by atoms with van der Waals surface area (Å²) >= 11 is 3.57. The van der Waals surface area contributed by atoms with E-state index < -0.39 is 0 Å². The van der Waals surface area contributed by atoms with Crippen molar-refractivity contribution in [1.29, 1.82) is 0 Å². The number of aryl methyl sites for hydroxylation is 2. The quantitative estimate of drug-likeness (QED) is 0.883. The fourth-order valence-electron chi connectivity index (χ4n) is 1.88. The summed E-state index contributed by atoms with van der Waals surface area (Å²) < 4.78 is 1.12. The second-order valence-corrected chi connectivity index (χ2v) is 5.77. The molecule has 7 heteroatoms. The molecule has 2 rings (SSSR count). The Kier molecular flexibility index (Phi) is 4.62. The van der Waals surface area contributed by atoms with Crippen LogP contribution in [0.5, 0.6) is 0 Å². The Hall–Kier alpha value is -1.89. The van der Waals surface area contributed by atoms with Crippen LogP contribution in [0.2, 0.25) is 0 Å². The molecule has 0 aliphatic carbocycles. The molecule has 0 amide bonds. The standard InChI is InChI=1S/C14H19BrN6/c1-8-6-10(7-9(2)11(8)15)17-13-18-12(16-3)19-14(20-13)21(4)5/h6-7H,1-5H3,(H2,16,17,18,19,20). The molecule has 1 aromatic carbocycles. The summed E-state index contributed by atoms with van der Waals surface area (Å²) in [5.41, 5.74) is 3.27. The fraction of sp³-hybridized carbons (Fsp3) is 0.357. The maximum Gasteiger partial charge on any atom is 0.233 e. The highest BCUT2D eigenvalue weighted by Gasteiger charge is 2.09. The van der Waals surface area contributed by atoms with Crippen LogP contribution in [0.1, 0.15) is 11.1 Å². The third-order valence-electron chi connectivity index (χ3n) is 2.94. The second-order valence-electron chi connectivity index (χ2n) is 4.98. The first-order valence-electron chi connectivity index (χ1n) is 6.55. The SMILES string of the molecule is CNc1nc(Nc2cc(C)c(Br)c(C)c2)nc(N(C)C)n1. The maximum absolute atomic E-state index is 4.40. The van der Waals surface area contributed by atoms with Crippen LogP contribution in [0.25, 0.3) is 0 Å². The number of anilines is 4. The molecule has 0 aliphatic rings. The Labute approximate surface area is 133 Å². The molecular formula is C14H19BrN6. The normalized spacial score (nSPS) is 10.4. The van der Waals surface area contributed by atoms with Crippen molar-refractivity contribution in [3.05, 3.63) is 27.7 Å². The van der Waals surface area contributed by atoms with E-state index in [1.54, 1.807) is 7.05 Å². The molecular weight excluding hydrogens is 332 g/mol. The highest BCUT2D eigenvalue weighted by atomic mass is 79.9. The van der Waals surface area contributed by atoms with E-state index in [9.17, 15) is 0 Å². The van der Waals surface area contributed by atoms with E-state index in [2.05, 4.69) is 67.5 Å². The molecule has 6 nitrogen and oxygen atoms in total. The van der Waals surface area contributed by atoms with Crippen molar-refractivity contribution in [3.63, 3.8) is 0 Å². The number of hydrogen-bond acceptors (Lipinski definition) is 6. The molecule has 2 aromatic rings. The first-order valence-corrected chi connectivity index (χ1v) is 7.35. The van der Waals surface area contributed by atoms with Crippen molar-refractivity contribution in [2.75, 3.05) is 36.7 Å². The Morgan fingerprint density at radius 2 is 1.57 bits per heavy atom. The predicted octanol–water partition coefficient (Wildman–Crippen LogP) is 3.10. The molecule has 1 aromatic heterocycles. The van der Waals surface area contributed by atoms with Gasteiger partial charge in [-0.2, -0.15) is 15.0 Å². The lowest BCUT2D eigenvalue weighted by Crippen LogP contribution is -2.15. The number of halogens is 1. The minimum absolute atomic E-state index is 0.513. The number of nitrogens with one attached hydrogen (secondary N) is 2. The van der Waals surface area contributed by atoms with Crippen LogP contribution in [-0.2, 0) is 0 Å². The van der Waals surface area contributed by atoms with Gasteiger partial charge in [0.05, 0.1) is 0 Å². The third-order valence-corrected chi connectivity index (χ3v) is 4.19. The van der Waals surface area contributed by atoms with E-state index in [-0.39, 0.29) is 0 Å². The van der Waals surface area contributed by atoms with Gasteiger partial charge in [-0.25, -0.2) is 0 Å². The first-order chi connectivity index (χ1) is 9.90. The zero-order chi connectivity index (χ0) is 15.6. The monoisotopic (exact) mass is 350 g/mol. The Bertz CT molecular complexity index is 633. The van der Waals surface area contributed by atoms with Crippen LogP contribution in [0.4, 0.5) is 23.5 Å². The predicted molar refractivity (Wildman–Crippen MR) is 90.6 cm³/mol. The summed E-state index contributed by atoms with van der Waals surface area (Å²) in [6.07, 6.45) is 0. The van der Waals surface area contributed by atoms with E-state index in [1.165, 1.54) is 0 Å². The lowest BCUT2D eigenvalue weighted by Gasteiger charge is -2.14. The van der Waals surface area contributed by atoms with Gasteiger partial charge in [0.1, 0.15) is 0 Å². The van der Waals surface area contributed by atoms with Crippen LogP contribution in [0.15, 0.2) is 16.6 Å². The highest BCUT2D eigenvalue weighted by molar-refractivity contribution is 9.10. The summed E-state index contributed by atoms with van der Waals surface area (Å²) in [5.74, 6) is 1.64. The summed E-state index contributed by atoms with van der Waals surface area (Å²) in [6.45, 7) is 4.11. The molecule has 0 saturated heterocycles. The molecule has 0 bridgehead atoms. The van der Waals surface area contributed by atoms with Crippen LogP contribution >= 0.6 is 15.9 Å². The molecule has 21 heavy (non-hydrogen) atoms. The topological polar surface area (TPSA) is 66.0 Å². The van der Waals surface area contributed by atoms with Crippen LogP contribution in [-0.4, -0.2) is 36.1 Å². The van der Waals surface area contributed by atoms with Crippen molar-refractivity contribution in [1.82, 2.24) is 15.0 Å². The van der Waals surface area contributed by atoms with Crippen molar-refractivity contribution in [2.45, 2.75) is 13.8 Å². The zero-order valence-electron chi connectivity index (χ0n) is 12.8. The van der Waals surface area contributed by atoms with Crippen molar-refractivity contribution in [2.24, 2.45) is 0 Å². The van der Waals surface area contributed by atoms with E-state index in [1.807, 2.05) is 19.0 Å². The van der Waals surface area contributed by atoms with E-state index in [0.717, 1.165) is 21.3 Å². The highest BCUT2D eigenvalue weighted by Crippen LogP contribution is 2.26. The maximum atomic E-state index is 4.40. The lowest BCUT2D eigenvalue weighted by molar-refractivity contribution is 0.963. The number of nitrogens with zero attached hydrogens (tertiary/aromatic N) is 4. The summed E-state index contributed by atoms with van der Waals surface area (Å²) in [4.78, 5) is 14.9. The van der Waals surface area contributed by atoms with Gasteiger partial charge in [-0.1, -0.05) is 15.9 Å².